The third kappa shape index (κ3) is 2.07. The molecule has 118 valence electrons. The van der Waals surface area contributed by atoms with Crippen molar-refractivity contribution in [1.82, 2.24) is 24.5 Å². The number of aromatic nitrogens is 4. The predicted octanol–water partition coefficient (Wildman–Crippen LogP) is 1.85. The summed E-state index contributed by atoms with van der Waals surface area (Å²) in [6.07, 6.45) is 3.75. The topological polar surface area (TPSA) is 49.6 Å². The molecule has 0 N–H and O–H groups in total. The van der Waals surface area contributed by atoms with Gasteiger partial charge in [-0.3, -0.25) is 4.40 Å². The van der Waals surface area contributed by atoms with Gasteiger partial charge >= 0.3 is 0 Å². The SMILES string of the molecule is CN1CC2CN(c3ncc(-c4cccs4)n4cnnc34)CC2C1. The van der Waals surface area contributed by atoms with E-state index >= 15 is 0 Å². The van der Waals surface area contributed by atoms with E-state index in [2.05, 4.69) is 49.0 Å². The van der Waals surface area contributed by atoms with Gasteiger partial charge in [0, 0.05) is 26.2 Å². The van der Waals surface area contributed by atoms with Gasteiger partial charge in [0.2, 0.25) is 5.65 Å². The first-order chi connectivity index (χ1) is 11.3. The number of fused-ring (bicyclic) bond motifs is 2. The molecule has 2 saturated heterocycles. The number of anilines is 1. The van der Waals surface area contributed by atoms with Crippen LogP contribution in [0.15, 0.2) is 30.0 Å². The van der Waals surface area contributed by atoms with Crippen molar-refractivity contribution >= 4 is 22.8 Å². The summed E-state index contributed by atoms with van der Waals surface area (Å²) in [5.41, 5.74) is 1.92. The Hall–Kier alpha value is -1.99. The summed E-state index contributed by atoms with van der Waals surface area (Å²) in [6.45, 7) is 4.53. The molecule has 6 nitrogen and oxygen atoms in total. The third-order valence-electron chi connectivity index (χ3n) is 5.06. The van der Waals surface area contributed by atoms with E-state index in [9.17, 15) is 0 Å². The Morgan fingerprint density at radius 1 is 1.17 bits per heavy atom. The van der Waals surface area contributed by atoms with Crippen LogP contribution in [0.1, 0.15) is 0 Å². The van der Waals surface area contributed by atoms with Crippen molar-refractivity contribution in [3.63, 3.8) is 0 Å². The second kappa shape index (κ2) is 5.01. The monoisotopic (exact) mass is 326 g/mol. The molecule has 2 atom stereocenters. The van der Waals surface area contributed by atoms with Gasteiger partial charge < -0.3 is 9.80 Å². The van der Waals surface area contributed by atoms with Gasteiger partial charge in [-0.2, -0.15) is 0 Å². The molecule has 0 spiro atoms. The van der Waals surface area contributed by atoms with E-state index in [1.54, 1.807) is 17.7 Å². The summed E-state index contributed by atoms with van der Waals surface area (Å²) in [5, 5.41) is 10.6. The lowest BCUT2D eigenvalue weighted by atomic mass is 10.0. The minimum atomic E-state index is 0.752. The lowest BCUT2D eigenvalue weighted by Gasteiger charge is -2.20. The molecule has 0 saturated carbocycles. The summed E-state index contributed by atoms with van der Waals surface area (Å²) in [7, 11) is 2.22. The van der Waals surface area contributed by atoms with Crippen molar-refractivity contribution in [2.75, 3.05) is 38.1 Å². The fourth-order valence-corrected chi connectivity index (χ4v) is 4.77. The van der Waals surface area contributed by atoms with Crippen LogP contribution in [-0.4, -0.2) is 57.7 Å². The van der Waals surface area contributed by atoms with Gasteiger partial charge in [-0.1, -0.05) is 6.07 Å². The highest BCUT2D eigenvalue weighted by molar-refractivity contribution is 7.13. The molecular weight excluding hydrogens is 308 g/mol. The van der Waals surface area contributed by atoms with E-state index in [1.807, 2.05) is 6.20 Å². The van der Waals surface area contributed by atoms with Crippen molar-refractivity contribution < 1.29 is 0 Å². The van der Waals surface area contributed by atoms with E-state index in [0.717, 1.165) is 42.1 Å². The van der Waals surface area contributed by atoms with E-state index in [0.29, 0.717) is 0 Å². The van der Waals surface area contributed by atoms with E-state index in [-0.39, 0.29) is 0 Å². The maximum absolute atomic E-state index is 4.76. The normalized spacial score (nSPS) is 24.7. The molecule has 5 heterocycles. The predicted molar refractivity (Wildman–Crippen MR) is 90.8 cm³/mol. The van der Waals surface area contributed by atoms with E-state index < -0.39 is 0 Å². The Kier molecular flexibility index (Phi) is 2.93. The fourth-order valence-electron chi connectivity index (χ4n) is 4.04. The van der Waals surface area contributed by atoms with Gasteiger partial charge in [0.1, 0.15) is 6.33 Å². The quantitative estimate of drug-likeness (QED) is 0.719. The van der Waals surface area contributed by atoms with Crippen LogP contribution in [0, 0.1) is 11.8 Å². The Bertz CT molecular complexity index is 828. The van der Waals surface area contributed by atoms with Gasteiger partial charge in [0.25, 0.3) is 0 Å². The zero-order valence-electron chi connectivity index (χ0n) is 13.0. The average Bonchev–Trinajstić information content (AvgIpc) is 3.29. The number of thiophene rings is 1. The Labute approximate surface area is 138 Å². The van der Waals surface area contributed by atoms with Gasteiger partial charge in [0.15, 0.2) is 5.82 Å². The number of hydrogen-bond donors (Lipinski definition) is 0. The molecule has 0 amide bonds. The first kappa shape index (κ1) is 13.4. The van der Waals surface area contributed by atoms with Gasteiger partial charge in [-0.15, -0.1) is 21.5 Å². The number of rotatable bonds is 2. The maximum atomic E-state index is 4.76. The second-order valence-corrected chi connectivity index (χ2v) is 7.56. The molecule has 7 heteroatoms. The van der Waals surface area contributed by atoms with Crippen LogP contribution in [0.2, 0.25) is 0 Å². The summed E-state index contributed by atoms with van der Waals surface area (Å²) in [6, 6.07) is 4.17. The molecule has 0 radical (unpaired) electrons. The summed E-state index contributed by atoms with van der Waals surface area (Å²) in [4.78, 5) is 10.8. The van der Waals surface area contributed by atoms with Crippen molar-refractivity contribution in [3.8, 4) is 10.6 Å². The molecular formula is C16H18N6S. The minimum absolute atomic E-state index is 0.752. The van der Waals surface area contributed by atoms with Crippen LogP contribution >= 0.6 is 11.3 Å². The van der Waals surface area contributed by atoms with Gasteiger partial charge in [-0.05, 0) is 30.3 Å². The zero-order chi connectivity index (χ0) is 15.4. The third-order valence-corrected chi connectivity index (χ3v) is 5.95. The Morgan fingerprint density at radius 3 is 2.74 bits per heavy atom. The summed E-state index contributed by atoms with van der Waals surface area (Å²) < 4.78 is 2.06. The Balaban J connectivity index is 1.54. The van der Waals surface area contributed by atoms with Gasteiger partial charge in [0.05, 0.1) is 16.8 Å². The largest absolute Gasteiger partial charge is 0.353 e. The lowest BCUT2D eigenvalue weighted by Crippen LogP contribution is -2.27. The van der Waals surface area contributed by atoms with Crippen LogP contribution in [0.4, 0.5) is 5.82 Å². The van der Waals surface area contributed by atoms with Gasteiger partial charge in [-0.25, -0.2) is 4.98 Å². The van der Waals surface area contributed by atoms with Crippen molar-refractivity contribution in [2.24, 2.45) is 11.8 Å². The standard InChI is InChI=1S/C16H18N6S/c1-20-6-11-8-21(9-12(11)7-20)15-16-19-18-10-22(16)13(5-17-15)14-3-2-4-23-14/h2-5,10-12H,6-9H2,1H3. The highest BCUT2D eigenvalue weighted by Crippen LogP contribution is 2.35. The van der Waals surface area contributed by atoms with Crippen LogP contribution in [-0.2, 0) is 0 Å². The molecule has 2 aliphatic rings. The molecule has 0 aliphatic carbocycles. The molecule has 2 fully saturated rings. The second-order valence-electron chi connectivity index (χ2n) is 6.62. The van der Waals surface area contributed by atoms with Crippen molar-refractivity contribution in [1.29, 1.82) is 0 Å². The summed E-state index contributed by atoms with van der Waals surface area (Å²) in [5.74, 6) is 2.48. The molecule has 3 aromatic heterocycles. The smallest absolute Gasteiger partial charge is 0.204 e. The van der Waals surface area contributed by atoms with Crippen molar-refractivity contribution in [3.05, 3.63) is 30.0 Å². The molecule has 3 aromatic rings. The number of hydrogen-bond acceptors (Lipinski definition) is 6. The van der Waals surface area contributed by atoms with Crippen LogP contribution in [0.5, 0.6) is 0 Å². The number of nitrogens with zero attached hydrogens (tertiary/aromatic N) is 6. The van der Waals surface area contributed by atoms with Crippen LogP contribution < -0.4 is 4.90 Å². The first-order valence-electron chi connectivity index (χ1n) is 7.95. The van der Waals surface area contributed by atoms with E-state index in [1.165, 1.54) is 18.0 Å². The molecule has 2 aliphatic heterocycles. The average molecular weight is 326 g/mol. The van der Waals surface area contributed by atoms with Crippen LogP contribution in [0.25, 0.3) is 16.2 Å². The molecule has 0 aromatic carbocycles. The fraction of sp³-hybridized carbons (Fsp3) is 0.438. The Morgan fingerprint density at radius 2 is 2.00 bits per heavy atom. The highest BCUT2D eigenvalue weighted by Gasteiger charge is 2.39. The maximum Gasteiger partial charge on any atom is 0.204 e. The zero-order valence-corrected chi connectivity index (χ0v) is 13.8. The first-order valence-corrected chi connectivity index (χ1v) is 8.83. The van der Waals surface area contributed by atoms with Crippen molar-refractivity contribution in [2.45, 2.75) is 0 Å². The molecule has 23 heavy (non-hydrogen) atoms. The number of likely N-dealkylation sites (tertiary alicyclic amines) is 1. The van der Waals surface area contributed by atoms with E-state index in [4.69, 9.17) is 4.98 Å². The highest BCUT2D eigenvalue weighted by atomic mass is 32.1. The molecule has 0 bridgehead atoms. The summed E-state index contributed by atoms with van der Waals surface area (Å²) >= 11 is 1.71. The minimum Gasteiger partial charge on any atom is -0.353 e. The molecule has 5 rings (SSSR count). The lowest BCUT2D eigenvalue weighted by molar-refractivity contribution is 0.387. The van der Waals surface area contributed by atoms with Crippen LogP contribution in [0.3, 0.4) is 0 Å². The molecule has 2 unspecified atom stereocenters.